The van der Waals surface area contributed by atoms with Crippen molar-refractivity contribution in [3.05, 3.63) is 59.4 Å². The third-order valence-corrected chi connectivity index (χ3v) is 4.50. The highest BCUT2D eigenvalue weighted by Gasteiger charge is 2.44. The summed E-state index contributed by atoms with van der Waals surface area (Å²) in [7, 11) is 1.57. The maximum Gasteiger partial charge on any atom is 0.319 e. The van der Waals surface area contributed by atoms with Crippen LogP contribution in [0, 0.1) is 12.7 Å². The highest BCUT2D eigenvalue weighted by molar-refractivity contribution is 5.91. The van der Waals surface area contributed by atoms with Gasteiger partial charge in [-0.05, 0) is 55.2 Å². The number of ether oxygens (including phenoxy) is 1. The Morgan fingerprint density at radius 2 is 1.92 bits per heavy atom. The maximum absolute atomic E-state index is 13.1. The first-order valence-electron chi connectivity index (χ1n) is 7.98. The van der Waals surface area contributed by atoms with Gasteiger partial charge in [-0.15, -0.1) is 0 Å². The van der Waals surface area contributed by atoms with Gasteiger partial charge >= 0.3 is 6.03 Å². The number of nitrogens with one attached hydrogen (secondary N) is 2. The van der Waals surface area contributed by atoms with E-state index >= 15 is 0 Å². The van der Waals surface area contributed by atoms with Gasteiger partial charge in [0.25, 0.3) is 0 Å². The van der Waals surface area contributed by atoms with Gasteiger partial charge in [-0.2, -0.15) is 0 Å². The fourth-order valence-electron chi connectivity index (χ4n) is 2.86. The molecule has 3 rings (SSSR count). The molecule has 0 unspecified atom stereocenters. The van der Waals surface area contributed by atoms with Gasteiger partial charge < -0.3 is 15.4 Å². The number of carbonyl (C=O) groups is 1. The lowest BCUT2D eigenvalue weighted by Crippen LogP contribution is -2.35. The van der Waals surface area contributed by atoms with E-state index in [4.69, 9.17) is 4.74 Å². The normalized spacial score (nSPS) is 14.8. The van der Waals surface area contributed by atoms with Crippen LogP contribution in [-0.2, 0) is 5.41 Å². The Hall–Kier alpha value is -2.56. The van der Waals surface area contributed by atoms with Crippen LogP contribution in [0.4, 0.5) is 14.9 Å². The summed E-state index contributed by atoms with van der Waals surface area (Å²) in [5.74, 6) is 0.377. The molecule has 0 saturated heterocycles. The van der Waals surface area contributed by atoms with E-state index in [0.29, 0.717) is 18.0 Å². The zero-order valence-corrected chi connectivity index (χ0v) is 13.9. The molecule has 2 amide bonds. The number of anilines is 1. The van der Waals surface area contributed by atoms with Crippen LogP contribution < -0.4 is 15.4 Å². The fourth-order valence-corrected chi connectivity index (χ4v) is 2.86. The number of halogens is 1. The molecule has 0 aliphatic heterocycles. The minimum atomic E-state index is -0.271. The van der Waals surface area contributed by atoms with Crippen LogP contribution in [0.3, 0.4) is 0 Å². The molecule has 1 aliphatic rings. The molecule has 0 heterocycles. The average Bonchev–Trinajstić information content (AvgIpc) is 3.35. The lowest BCUT2D eigenvalue weighted by atomic mass is 9.96. The second-order valence-electron chi connectivity index (χ2n) is 6.30. The molecule has 0 bridgehead atoms. The molecule has 5 heteroatoms. The van der Waals surface area contributed by atoms with Gasteiger partial charge in [0.2, 0.25) is 0 Å². The van der Waals surface area contributed by atoms with Crippen molar-refractivity contribution >= 4 is 11.7 Å². The monoisotopic (exact) mass is 328 g/mol. The number of urea groups is 1. The molecule has 0 aromatic heterocycles. The van der Waals surface area contributed by atoms with Crippen molar-refractivity contribution in [3.8, 4) is 5.75 Å². The molecule has 0 atom stereocenters. The molecular weight excluding hydrogens is 307 g/mol. The summed E-state index contributed by atoms with van der Waals surface area (Å²) in [4.78, 5) is 12.2. The fraction of sp³-hybridized carbons (Fsp3) is 0.316. The van der Waals surface area contributed by atoms with E-state index in [1.54, 1.807) is 19.2 Å². The van der Waals surface area contributed by atoms with Crippen LogP contribution in [0.2, 0.25) is 0 Å². The Labute approximate surface area is 141 Å². The molecule has 1 fully saturated rings. The SMILES string of the molecule is COc1ccc(C)cc1NC(=O)NCC1(c2ccc(F)cc2)CC1. The van der Waals surface area contributed by atoms with Crippen LogP contribution in [-0.4, -0.2) is 19.7 Å². The quantitative estimate of drug-likeness (QED) is 0.872. The van der Waals surface area contributed by atoms with Crippen molar-refractivity contribution in [2.45, 2.75) is 25.2 Å². The first kappa shape index (κ1) is 16.3. The van der Waals surface area contributed by atoms with Crippen molar-refractivity contribution in [3.63, 3.8) is 0 Å². The van der Waals surface area contributed by atoms with E-state index in [0.717, 1.165) is 24.0 Å². The molecule has 0 spiro atoms. The largest absolute Gasteiger partial charge is 0.495 e. The van der Waals surface area contributed by atoms with Crippen LogP contribution in [0.25, 0.3) is 0 Å². The van der Waals surface area contributed by atoms with Gasteiger partial charge in [-0.3, -0.25) is 0 Å². The van der Waals surface area contributed by atoms with E-state index in [9.17, 15) is 9.18 Å². The highest BCUT2D eigenvalue weighted by Crippen LogP contribution is 2.47. The average molecular weight is 328 g/mol. The molecule has 24 heavy (non-hydrogen) atoms. The second-order valence-corrected chi connectivity index (χ2v) is 6.30. The van der Waals surface area contributed by atoms with Crippen LogP contribution in [0.1, 0.15) is 24.0 Å². The molecule has 2 aromatic rings. The van der Waals surface area contributed by atoms with Crippen molar-refractivity contribution < 1.29 is 13.9 Å². The predicted octanol–water partition coefficient (Wildman–Crippen LogP) is 4.00. The predicted molar refractivity (Wildman–Crippen MR) is 92.1 cm³/mol. The molecule has 1 saturated carbocycles. The van der Waals surface area contributed by atoms with Gasteiger partial charge in [0.15, 0.2) is 0 Å². The minimum Gasteiger partial charge on any atom is -0.495 e. The van der Waals surface area contributed by atoms with Crippen molar-refractivity contribution in [2.24, 2.45) is 0 Å². The number of amides is 2. The summed E-state index contributed by atoms with van der Waals surface area (Å²) in [5.41, 5.74) is 2.68. The highest BCUT2D eigenvalue weighted by atomic mass is 19.1. The summed E-state index contributed by atoms with van der Waals surface area (Å²) in [6, 6.07) is 11.9. The van der Waals surface area contributed by atoms with Gasteiger partial charge in [-0.1, -0.05) is 18.2 Å². The van der Waals surface area contributed by atoms with Crippen LogP contribution >= 0.6 is 0 Å². The van der Waals surface area contributed by atoms with Gasteiger partial charge in [0.1, 0.15) is 11.6 Å². The number of methoxy groups -OCH3 is 1. The molecule has 1 aliphatic carbocycles. The van der Waals surface area contributed by atoms with E-state index in [1.165, 1.54) is 12.1 Å². The Morgan fingerprint density at radius 1 is 1.21 bits per heavy atom. The summed E-state index contributed by atoms with van der Waals surface area (Å²) >= 11 is 0. The number of benzene rings is 2. The van der Waals surface area contributed by atoms with Gasteiger partial charge in [0, 0.05) is 12.0 Å². The van der Waals surface area contributed by atoms with Crippen LogP contribution in [0.15, 0.2) is 42.5 Å². The summed E-state index contributed by atoms with van der Waals surface area (Å²) in [5, 5.41) is 5.75. The number of rotatable bonds is 5. The van der Waals surface area contributed by atoms with E-state index in [1.807, 2.05) is 25.1 Å². The van der Waals surface area contributed by atoms with Crippen molar-refractivity contribution in [1.29, 1.82) is 0 Å². The lowest BCUT2D eigenvalue weighted by molar-refractivity contribution is 0.251. The number of hydrogen-bond donors (Lipinski definition) is 2. The number of carbonyl (C=O) groups excluding carboxylic acids is 1. The minimum absolute atomic E-state index is 0.0677. The molecule has 2 aromatic carbocycles. The Balaban J connectivity index is 1.62. The number of hydrogen-bond acceptors (Lipinski definition) is 2. The van der Waals surface area contributed by atoms with Gasteiger partial charge in [-0.25, -0.2) is 9.18 Å². The maximum atomic E-state index is 13.1. The molecule has 0 radical (unpaired) electrons. The summed E-state index contributed by atoms with van der Waals surface area (Å²) < 4.78 is 18.3. The van der Waals surface area contributed by atoms with Gasteiger partial charge in [0.05, 0.1) is 12.8 Å². The standard InChI is InChI=1S/C19H21FN2O2/c1-13-3-8-17(24-2)16(11-13)22-18(23)21-12-19(9-10-19)14-4-6-15(20)7-5-14/h3-8,11H,9-10,12H2,1-2H3,(H2,21,22,23). The van der Waals surface area contributed by atoms with E-state index < -0.39 is 0 Å². The Bertz CT molecular complexity index is 740. The molecule has 126 valence electrons. The molecule has 4 nitrogen and oxygen atoms in total. The summed E-state index contributed by atoms with van der Waals surface area (Å²) in [6.45, 7) is 2.48. The smallest absolute Gasteiger partial charge is 0.319 e. The zero-order chi connectivity index (χ0) is 17.2. The topological polar surface area (TPSA) is 50.4 Å². The van der Waals surface area contributed by atoms with E-state index in [-0.39, 0.29) is 17.3 Å². The summed E-state index contributed by atoms with van der Waals surface area (Å²) in [6.07, 6.45) is 1.99. The molecule has 2 N–H and O–H groups in total. The molecular formula is C19H21FN2O2. The first-order chi connectivity index (χ1) is 11.5. The first-order valence-corrected chi connectivity index (χ1v) is 7.98. The zero-order valence-electron chi connectivity index (χ0n) is 13.9. The lowest BCUT2D eigenvalue weighted by Gasteiger charge is -2.17. The third kappa shape index (κ3) is 3.50. The number of aryl methyl sites for hydroxylation is 1. The van der Waals surface area contributed by atoms with Crippen molar-refractivity contribution in [2.75, 3.05) is 19.0 Å². The van der Waals surface area contributed by atoms with Crippen molar-refractivity contribution in [1.82, 2.24) is 5.32 Å². The Kier molecular flexibility index (Phi) is 4.42. The second kappa shape index (κ2) is 6.51. The Morgan fingerprint density at radius 3 is 2.54 bits per heavy atom. The van der Waals surface area contributed by atoms with E-state index in [2.05, 4.69) is 10.6 Å². The third-order valence-electron chi connectivity index (χ3n) is 4.50. The van der Waals surface area contributed by atoms with Crippen LogP contribution in [0.5, 0.6) is 5.75 Å².